The number of rotatable bonds is 5. The highest BCUT2D eigenvalue weighted by Crippen LogP contribution is 2.34. The molecule has 5 nitrogen and oxygen atoms in total. The maximum Gasteiger partial charge on any atom is 0.337 e. The molecule has 1 aromatic carbocycles. The van der Waals surface area contributed by atoms with E-state index in [1.54, 1.807) is 0 Å². The van der Waals surface area contributed by atoms with E-state index < -0.39 is 5.97 Å². The lowest BCUT2D eigenvalue weighted by molar-refractivity contribution is -0.132. The Kier molecular flexibility index (Phi) is 6.25. The molecule has 1 unspecified atom stereocenters. The van der Waals surface area contributed by atoms with Crippen LogP contribution in [-0.2, 0) is 16.1 Å². The van der Waals surface area contributed by atoms with E-state index in [1.165, 1.54) is 0 Å². The van der Waals surface area contributed by atoms with Gasteiger partial charge in [-0.1, -0.05) is 37.6 Å². The quantitative estimate of drug-likeness (QED) is 0.829. The molecule has 1 aromatic rings. The number of nitrogens with zero attached hydrogens (tertiary/aromatic N) is 2. The SMILES string of the molecule is CC1=CC(N2CCOCC2)N(Cc2ccc(Cl)cc2)C(C(C)C)=C1C(=O)O. The van der Waals surface area contributed by atoms with E-state index in [4.69, 9.17) is 16.3 Å². The number of benzene rings is 1. The van der Waals surface area contributed by atoms with E-state index in [1.807, 2.05) is 31.2 Å². The summed E-state index contributed by atoms with van der Waals surface area (Å²) in [4.78, 5) is 16.6. The fourth-order valence-corrected chi connectivity index (χ4v) is 4.02. The third-order valence-corrected chi connectivity index (χ3v) is 5.38. The summed E-state index contributed by atoms with van der Waals surface area (Å²) in [7, 11) is 0. The van der Waals surface area contributed by atoms with E-state index >= 15 is 0 Å². The molecule has 2 heterocycles. The zero-order valence-corrected chi connectivity index (χ0v) is 16.9. The molecule has 1 N–H and O–H groups in total. The number of carboxylic acids is 1. The highest BCUT2D eigenvalue weighted by Gasteiger charge is 2.35. The molecule has 0 aliphatic carbocycles. The summed E-state index contributed by atoms with van der Waals surface area (Å²) < 4.78 is 5.52. The Hall–Kier alpha value is -1.82. The zero-order valence-electron chi connectivity index (χ0n) is 16.1. The van der Waals surface area contributed by atoms with Crippen molar-refractivity contribution in [3.8, 4) is 0 Å². The first-order valence-electron chi connectivity index (χ1n) is 9.37. The molecule has 2 aliphatic heterocycles. The average molecular weight is 391 g/mol. The Morgan fingerprint density at radius 3 is 2.44 bits per heavy atom. The summed E-state index contributed by atoms with van der Waals surface area (Å²) in [6, 6.07) is 7.76. The molecule has 1 saturated heterocycles. The molecule has 146 valence electrons. The molecule has 0 aromatic heterocycles. The van der Waals surface area contributed by atoms with E-state index in [2.05, 4.69) is 29.7 Å². The Morgan fingerprint density at radius 2 is 1.89 bits per heavy atom. The molecule has 27 heavy (non-hydrogen) atoms. The normalized spacial score (nSPS) is 21.6. The van der Waals surface area contributed by atoms with Crippen molar-refractivity contribution in [2.45, 2.75) is 33.5 Å². The topological polar surface area (TPSA) is 53.0 Å². The van der Waals surface area contributed by atoms with Crippen LogP contribution in [0.15, 0.2) is 47.2 Å². The average Bonchev–Trinajstić information content (AvgIpc) is 2.64. The fourth-order valence-electron chi connectivity index (χ4n) is 3.89. The van der Waals surface area contributed by atoms with Gasteiger partial charge >= 0.3 is 5.97 Å². The Bertz CT molecular complexity index is 749. The van der Waals surface area contributed by atoms with Gasteiger partial charge in [-0.25, -0.2) is 4.79 Å². The van der Waals surface area contributed by atoms with Crippen LogP contribution in [-0.4, -0.2) is 53.3 Å². The predicted octanol–water partition coefficient (Wildman–Crippen LogP) is 3.75. The molecule has 1 atom stereocenters. The summed E-state index contributed by atoms with van der Waals surface area (Å²) in [6.45, 7) is 9.71. The van der Waals surface area contributed by atoms with Crippen LogP contribution in [0.3, 0.4) is 0 Å². The van der Waals surface area contributed by atoms with E-state index in [0.717, 1.165) is 29.9 Å². The van der Waals surface area contributed by atoms with Crippen molar-refractivity contribution >= 4 is 17.6 Å². The highest BCUT2D eigenvalue weighted by atomic mass is 35.5. The molecule has 0 radical (unpaired) electrons. The third kappa shape index (κ3) is 4.37. The van der Waals surface area contributed by atoms with Crippen molar-refractivity contribution < 1.29 is 14.6 Å². The first-order chi connectivity index (χ1) is 12.9. The largest absolute Gasteiger partial charge is 0.478 e. The lowest BCUT2D eigenvalue weighted by Gasteiger charge is -2.46. The monoisotopic (exact) mass is 390 g/mol. The number of carbonyl (C=O) groups is 1. The molecule has 1 fully saturated rings. The Balaban J connectivity index is 2.03. The summed E-state index contributed by atoms with van der Waals surface area (Å²) in [5.41, 5.74) is 3.24. The van der Waals surface area contributed by atoms with Crippen LogP contribution in [0.2, 0.25) is 5.02 Å². The van der Waals surface area contributed by atoms with Gasteiger partial charge in [0.25, 0.3) is 0 Å². The van der Waals surface area contributed by atoms with E-state index in [0.29, 0.717) is 30.4 Å². The van der Waals surface area contributed by atoms with Crippen LogP contribution >= 0.6 is 11.6 Å². The first kappa shape index (κ1) is 19.9. The number of hydrogen-bond acceptors (Lipinski definition) is 4. The number of halogens is 1. The van der Waals surface area contributed by atoms with Gasteiger partial charge in [0.15, 0.2) is 0 Å². The predicted molar refractivity (Wildman–Crippen MR) is 106 cm³/mol. The van der Waals surface area contributed by atoms with Gasteiger partial charge < -0.3 is 14.7 Å². The van der Waals surface area contributed by atoms with Gasteiger partial charge in [0.2, 0.25) is 0 Å². The van der Waals surface area contributed by atoms with Crippen LogP contribution in [0, 0.1) is 5.92 Å². The standard InChI is InChI=1S/C21H27ClN2O3/c1-14(2)20-19(21(25)26)15(3)12-18(23-8-10-27-11-9-23)24(20)13-16-4-6-17(22)7-5-16/h4-7,12,14,18H,8-11,13H2,1-3H3,(H,25,26). The Morgan fingerprint density at radius 1 is 1.26 bits per heavy atom. The van der Waals surface area contributed by atoms with E-state index in [9.17, 15) is 9.90 Å². The van der Waals surface area contributed by atoms with Crippen molar-refractivity contribution in [3.63, 3.8) is 0 Å². The van der Waals surface area contributed by atoms with Crippen molar-refractivity contribution in [2.75, 3.05) is 26.3 Å². The van der Waals surface area contributed by atoms with Gasteiger partial charge in [-0.2, -0.15) is 0 Å². The molecule has 2 aliphatic rings. The number of carboxylic acid groups (broad SMARTS) is 1. The fraction of sp³-hybridized carbons (Fsp3) is 0.476. The summed E-state index contributed by atoms with van der Waals surface area (Å²) in [6.07, 6.45) is 2.10. The molecular weight excluding hydrogens is 364 g/mol. The van der Waals surface area contributed by atoms with Gasteiger partial charge in [-0.05, 0) is 42.2 Å². The van der Waals surface area contributed by atoms with Crippen LogP contribution in [0.1, 0.15) is 26.3 Å². The molecule has 0 amide bonds. The third-order valence-electron chi connectivity index (χ3n) is 5.13. The van der Waals surface area contributed by atoms with Crippen molar-refractivity contribution in [3.05, 3.63) is 57.8 Å². The van der Waals surface area contributed by atoms with Gasteiger partial charge in [0, 0.05) is 30.4 Å². The van der Waals surface area contributed by atoms with Crippen LogP contribution in [0.4, 0.5) is 0 Å². The van der Waals surface area contributed by atoms with Gasteiger partial charge in [0.05, 0.1) is 18.8 Å². The second-order valence-electron chi connectivity index (χ2n) is 7.39. The smallest absolute Gasteiger partial charge is 0.337 e. The van der Waals surface area contributed by atoms with Gasteiger partial charge in [0.1, 0.15) is 6.17 Å². The summed E-state index contributed by atoms with van der Waals surface area (Å²) in [5.74, 6) is -0.774. The second kappa shape index (κ2) is 8.46. The molecule has 0 saturated carbocycles. The lowest BCUT2D eigenvalue weighted by atomic mass is 9.92. The first-order valence-corrected chi connectivity index (χ1v) is 9.75. The van der Waals surface area contributed by atoms with Gasteiger partial charge in [-0.3, -0.25) is 4.90 Å². The maximum atomic E-state index is 12.0. The molecule has 0 spiro atoms. The molecule has 6 heteroatoms. The number of aliphatic carboxylic acids is 1. The Labute approximate surface area is 165 Å². The highest BCUT2D eigenvalue weighted by molar-refractivity contribution is 6.30. The second-order valence-corrected chi connectivity index (χ2v) is 7.82. The number of hydrogen-bond donors (Lipinski definition) is 1. The minimum Gasteiger partial charge on any atom is -0.478 e. The van der Waals surface area contributed by atoms with Crippen LogP contribution in [0.25, 0.3) is 0 Å². The summed E-state index contributed by atoms with van der Waals surface area (Å²) >= 11 is 6.04. The number of ether oxygens (including phenoxy) is 1. The summed E-state index contributed by atoms with van der Waals surface area (Å²) in [5, 5.41) is 10.6. The lowest BCUT2D eigenvalue weighted by Crippen LogP contribution is -2.53. The molecular formula is C21H27ClN2O3. The number of allylic oxidation sites excluding steroid dienone is 1. The van der Waals surface area contributed by atoms with Crippen LogP contribution < -0.4 is 0 Å². The van der Waals surface area contributed by atoms with Gasteiger partial charge in [-0.15, -0.1) is 0 Å². The van der Waals surface area contributed by atoms with Crippen molar-refractivity contribution in [1.29, 1.82) is 0 Å². The minimum atomic E-state index is -0.867. The maximum absolute atomic E-state index is 12.0. The minimum absolute atomic E-state index is 0.0186. The van der Waals surface area contributed by atoms with E-state index in [-0.39, 0.29) is 12.1 Å². The number of morpholine rings is 1. The molecule has 0 bridgehead atoms. The molecule has 3 rings (SSSR count). The van der Waals surface area contributed by atoms with Crippen LogP contribution in [0.5, 0.6) is 0 Å². The van der Waals surface area contributed by atoms with Crippen molar-refractivity contribution in [1.82, 2.24) is 9.80 Å². The zero-order chi connectivity index (χ0) is 19.6. The van der Waals surface area contributed by atoms with Crippen molar-refractivity contribution in [2.24, 2.45) is 5.92 Å².